The van der Waals surface area contributed by atoms with E-state index in [2.05, 4.69) is 40.7 Å². The van der Waals surface area contributed by atoms with Crippen LogP contribution >= 0.6 is 0 Å². The Morgan fingerprint density at radius 1 is 0.833 bits per heavy atom. The van der Waals surface area contributed by atoms with Gasteiger partial charge in [0, 0.05) is 6.42 Å². The van der Waals surface area contributed by atoms with Gasteiger partial charge in [0.25, 0.3) is 0 Å². The second-order valence-corrected chi connectivity index (χ2v) is 8.26. The van der Waals surface area contributed by atoms with Crippen LogP contribution in [-0.4, -0.2) is 10.2 Å². The molecule has 2 rings (SSSR count). The van der Waals surface area contributed by atoms with E-state index in [9.17, 15) is 10.2 Å². The summed E-state index contributed by atoms with van der Waals surface area (Å²) in [6, 6.07) is 8.12. The summed E-state index contributed by atoms with van der Waals surface area (Å²) < 4.78 is 0. The summed E-state index contributed by atoms with van der Waals surface area (Å²) in [5.41, 5.74) is 5.80. The lowest BCUT2D eigenvalue weighted by atomic mass is 9.83. The normalized spacial score (nSPS) is 12.0. The molecule has 0 heterocycles. The highest BCUT2D eigenvalue weighted by Crippen LogP contribution is 2.38. The fraction of sp³-hybridized carbons (Fsp3) is 0.455. The molecule has 24 heavy (non-hydrogen) atoms. The molecule has 2 heteroatoms. The molecule has 0 aliphatic carbocycles. The average Bonchev–Trinajstić information content (AvgIpc) is 2.44. The summed E-state index contributed by atoms with van der Waals surface area (Å²) in [7, 11) is 0. The summed E-state index contributed by atoms with van der Waals surface area (Å²) >= 11 is 0. The molecule has 0 aliphatic rings. The third-order valence-electron chi connectivity index (χ3n) is 4.51. The van der Waals surface area contributed by atoms with Gasteiger partial charge < -0.3 is 10.2 Å². The predicted molar refractivity (Wildman–Crippen MR) is 101 cm³/mol. The Labute approximate surface area is 146 Å². The number of phenols is 2. The molecule has 0 fully saturated rings. The largest absolute Gasteiger partial charge is 0.507 e. The van der Waals surface area contributed by atoms with Crippen LogP contribution in [0.1, 0.15) is 73.9 Å². The molecule has 2 nitrogen and oxygen atoms in total. The zero-order valence-corrected chi connectivity index (χ0v) is 16.0. The topological polar surface area (TPSA) is 40.5 Å². The van der Waals surface area contributed by atoms with Gasteiger partial charge >= 0.3 is 0 Å². The molecule has 0 saturated carbocycles. The molecule has 0 aromatic heterocycles. The molecule has 0 bridgehead atoms. The van der Waals surface area contributed by atoms with Crippen molar-refractivity contribution in [3.63, 3.8) is 0 Å². The van der Waals surface area contributed by atoms with Crippen LogP contribution in [0.4, 0.5) is 0 Å². The van der Waals surface area contributed by atoms with Crippen molar-refractivity contribution in [3.05, 3.63) is 57.6 Å². The molecule has 2 aromatic rings. The second-order valence-electron chi connectivity index (χ2n) is 8.26. The Hall–Kier alpha value is -1.96. The van der Waals surface area contributed by atoms with E-state index in [4.69, 9.17) is 0 Å². The fourth-order valence-electron chi connectivity index (χ4n) is 3.22. The van der Waals surface area contributed by atoms with Crippen LogP contribution in [0.5, 0.6) is 11.5 Å². The van der Waals surface area contributed by atoms with Crippen molar-refractivity contribution < 1.29 is 10.2 Å². The van der Waals surface area contributed by atoms with Crippen LogP contribution in [0.3, 0.4) is 0 Å². The van der Waals surface area contributed by atoms with E-state index in [1.54, 1.807) is 0 Å². The Morgan fingerprint density at radius 2 is 1.33 bits per heavy atom. The monoisotopic (exact) mass is 326 g/mol. The average molecular weight is 326 g/mol. The highest BCUT2D eigenvalue weighted by Gasteiger charge is 2.22. The van der Waals surface area contributed by atoms with E-state index in [0.717, 1.165) is 33.4 Å². The van der Waals surface area contributed by atoms with Gasteiger partial charge in [-0.3, -0.25) is 0 Å². The first-order valence-corrected chi connectivity index (χ1v) is 8.66. The highest BCUT2D eigenvalue weighted by molar-refractivity contribution is 5.52. The van der Waals surface area contributed by atoms with Gasteiger partial charge in [0.05, 0.1) is 0 Å². The minimum absolute atomic E-state index is 0.122. The molecule has 0 unspecified atom stereocenters. The van der Waals surface area contributed by atoms with Gasteiger partial charge in [0.2, 0.25) is 0 Å². The van der Waals surface area contributed by atoms with Gasteiger partial charge in [-0.2, -0.15) is 0 Å². The van der Waals surface area contributed by atoms with Crippen LogP contribution in [0.2, 0.25) is 0 Å². The summed E-state index contributed by atoms with van der Waals surface area (Å²) in [6.07, 6.45) is 0.532. The van der Waals surface area contributed by atoms with Crippen molar-refractivity contribution in [1.29, 1.82) is 0 Å². The van der Waals surface area contributed by atoms with E-state index in [1.165, 1.54) is 0 Å². The smallest absolute Gasteiger partial charge is 0.122 e. The van der Waals surface area contributed by atoms with Crippen molar-refractivity contribution in [3.8, 4) is 11.5 Å². The summed E-state index contributed by atoms with van der Waals surface area (Å²) in [4.78, 5) is 0. The van der Waals surface area contributed by atoms with Gasteiger partial charge in [-0.15, -0.1) is 0 Å². The molecule has 0 atom stereocenters. The summed E-state index contributed by atoms with van der Waals surface area (Å²) in [5.74, 6) is 0.966. The molecule has 0 spiro atoms. The van der Waals surface area contributed by atoms with Gasteiger partial charge in [0.1, 0.15) is 11.5 Å². The van der Waals surface area contributed by atoms with Gasteiger partial charge in [-0.25, -0.2) is 0 Å². The molecule has 0 aliphatic heterocycles. The third kappa shape index (κ3) is 3.75. The van der Waals surface area contributed by atoms with Crippen molar-refractivity contribution >= 4 is 0 Å². The zero-order chi connectivity index (χ0) is 18.2. The van der Waals surface area contributed by atoms with Gasteiger partial charge in [-0.1, -0.05) is 70.0 Å². The van der Waals surface area contributed by atoms with Crippen LogP contribution in [0.15, 0.2) is 24.3 Å². The fourth-order valence-corrected chi connectivity index (χ4v) is 3.22. The van der Waals surface area contributed by atoms with E-state index in [0.29, 0.717) is 17.9 Å². The number of rotatable bonds is 3. The molecule has 2 N–H and O–H groups in total. The van der Waals surface area contributed by atoms with E-state index in [-0.39, 0.29) is 11.3 Å². The van der Waals surface area contributed by atoms with Crippen molar-refractivity contribution in [2.24, 2.45) is 0 Å². The molecule has 2 aromatic carbocycles. The number of hydrogen-bond donors (Lipinski definition) is 2. The zero-order valence-electron chi connectivity index (χ0n) is 16.0. The third-order valence-corrected chi connectivity index (χ3v) is 4.51. The quantitative estimate of drug-likeness (QED) is 0.756. The molecule has 0 amide bonds. The van der Waals surface area contributed by atoms with E-state index < -0.39 is 0 Å². The first kappa shape index (κ1) is 18.4. The second kappa shape index (κ2) is 6.51. The lowest BCUT2D eigenvalue weighted by molar-refractivity contribution is 0.439. The number of hydrogen-bond acceptors (Lipinski definition) is 2. The maximum atomic E-state index is 10.8. The van der Waals surface area contributed by atoms with Crippen molar-refractivity contribution in [1.82, 2.24) is 0 Å². The number of aryl methyl sites for hydroxylation is 2. The Kier molecular flexibility index (Phi) is 4.98. The minimum atomic E-state index is -0.122. The van der Waals surface area contributed by atoms with E-state index in [1.807, 2.05) is 32.0 Å². The molecular weight excluding hydrogens is 296 g/mol. The minimum Gasteiger partial charge on any atom is -0.507 e. The van der Waals surface area contributed by atoms with Crippen LogP contribution in [0.25, 0.3) is 0 Å². The molecular formula is C22H30O2. The maximum Gasteiger partial charge on any atom is 0.122 e. The Morgan fingerprint density at radius 3 is 1.83 bits per heavy atom. The molecule has 0 saturated heterocycles. The maximum absolute atomic E-state index is 10.8. The Bertz CT molecular complexity index is 750. The summed E-state index contributed by atoms with van der Waals surface area (Å²) in [6.45, 7) is 14.6. The lowest BCUT2D eigenvalue weighted by Gasteiger charge is -2.23. The van der Waals surface area contributed by atoms with E-state index >= 15 is 0 Å². The SMILES string of the molecule is Cc1cc(Cc2cc(C)cc(C(C)(C)C)c2O)c(O)c(C(C)C)c1. The lowest BCUT2D eigenvalue weighted by Crippen LogP contribution is -2.12. The predicted octanol–water partition coefficient (Wildman–Crippen LogP) is 5.73. The number of aromatic hydroxyl groups is 2. The molecule has 130 valence electrons. The number of benzene rings is 2. The van der Waals surface area contributed by atoms with Crippen LogP contribution in [-0.2, 0) is 11.8 Å². The van der Waals surface area contributed by atoms with Crippen LogP contribution in [0, 0.1) is 13.8 Å². The van der Waals surface area contributed by atoms with Gasteiger partial charge in [-0.05, 0) is 47.4 Å². The first-order chi connectivity index (χ1) is 11.0. The van der Waals surface area contributed by atoms with Crippen molar-refractivity contribution in [2.45, 2.75) is 66.2 Å². The highest BCUT2D eigenvalue weighted by atomic mass is 16.3. The summed E-state index contributed by atoms with van der Waals surface area (Å²) in [5, 5.41) is 21.4. The van der Waals surface area contributed by atoms with Gasteiger partial charge in [0.15, 0.2) is 0 Å². The standard InChI is InChI=1S/C22H30O2/c1-13(2)18-10-14(3)8-16(20(18)23)12-17-9-15(4)11-19(21(17)24)22(5,6)7/h8-11,13,23-24H,12H2,1-7H3. The number of phenolic OH excluding ortho intramolecular Hbond substituents is 2. The first-order valence-electron chi connectivity index (χ1n) is 8.66. The van der Waals surface area contributed by atoms with Crippen molar-refractivity contribution in [2.75, 3.05) is 0 Å². The Balaban J connectivity index is 2.55. The van der Waals surface area contributed by atoms with Crippen LogP contribution < -0.4 is 0 Å². The molecule has 0 radical (unpaired) electrons.